The summed E-state index contributed by atoms with van der Waals surface area (Å²) in [6.45, 7) is 3.11. The first-order valence-electron chi connectivity index (χ1n) is 10.8. The second-order valence-corrected chi connectivity index (χ2v) is 9.34. The molecule has 0 saturated carbocycles. The van der Waals surface area contributed by atoms with Gasteiger partial charge in [0.1, 0.15) is 16.7 Å². The number of aryl methyl sites for hydroxylation is 1. The Balaban J connectivity index is 1.56. The average molecular weight is 482 g/mol. The molecule has 2 aliphatic rings. The maximum Gasteiger partial charge on any atom is 0.451 e. The average Bonchev–Trinajstić information content (AvgIpc) is 3.49. The van der Waals surface area contributed by atoms with Crippen LogP contribution in [0.2, 0.25) is 0 Å². The number of carboxylic acid groups (broad SMARTS) is 1. The Hall–Kier alpha value is -2.96. The fraction of sp³-hybridized carbons (Fsp3) is 0.550. The molecule has 0 spiro atoms. The summed E-state index contributed by atoms with van der Waals surface area (Å²) < 4.78 is 40.8. The van der Waals surface area contributed by atoms with Crippen molar-refractivity contribution in [1.29, 1.82) is 0 Å². The van der Waals surface area contributed by atoms with Crippen molar-refractivity contribution in [2.24, 2.45) is 0 Å². The van der Waals surface area contributed by atoms with Crippen LogP contribution in [0.4, 0.5) is 24.9 Å². The Morgan fingerprint density at radius 2 is 2.06 bits per heavy atom. The largest absolute Gasteiger partial charge is 0.480 e. The predicted molar refractivity (Wildman–Crippen MR) is 115 cm³/mol. The third-order valence-electron chi connectivity index (χ3n) is 6.01. The van der Waals surface area contributed by atoms with E-state index in [1.54, 1.807) is 16.2 Å². The molecule has 5 heterocycles. The molecular formula is C20H22F3N7O2S. The first-order valence-corrected chi connectivity index (χ1v) is 11.6. The Morgan fingerprint density at radius 1 is 1.24 bits per heavy atom. The molecule has 1 N–H and O–H groups in total. The Bertz CT molecular complexity index is 1210. The van der Waals surface area contributed by atoms with Crippen molar-refractivity contribution in [3.05, 3.63) is 22.6 Å². The van der Waals surface area contributed by atoms with Crippen LogP contribution >= 0.6 is 11.3 Å². The highest BCUT2D eigenvalue weighted by atomic mass is 32.1. The monoisotopic (exact) mass is 481 g/mol. The zero-order valence-corrected chi connectivity index (χ0v) is 18.7. The number of hydrogen-bond donors (Lipinski definition) is 1. The van der Waals surface area contributed by atoms with Crippen LogP contribution in [0.1, 0.15) is 42.7 Å². The number of hydrogen-bond acceptors (Lipinski definition) is 8. The number of nitrogens with zero attached hydrogens (tertiary/aromatic N) is 7. The maximum atomic E-state index is 13.2. The zero-order chi connectivity index (χ0) is 23.3. The second kappa shape index (κ2) is 8.12. The van der Waals surface area contributed by atoms with Crippen LogP contribution in [0.3, 0.4) is 0 Å². The van der Waals surface area contributed by atoms with E-state index < -0.39 is 24.0 Å². The number of anilines is 2. The van der Waals surface area contributed by atoms with Crippen LogP contribution in [0.15, 0.2) is 6.07 Å². The van der Waals surface area contributed by atoms with Gasteiger partial charge in [0.25, 0.3) is 0 Å². The van der Waals surface area contributed by atoms with E-state index in [1.807, 2.05) is 11.0 Å². The van der Waals surface area contributed by atoms with Crippen molar-refractivity contribution in [3.8, 4) is 0 Å². The van der Waals surface area contributed by atoms with Gasteiger partial charge in [-0.15, -0.1) is 21.5 Å². The summed E-state index contributed by atoms with van der Waals surface area (Å²) in [6.07, 6.45) is -1.48. The lowest BCUT2D eigenvalue weighted by Crippen LogP contribution is -2.38. The van der Waals surface area contributed by atoms with E-state index in [1.165, 1.54) is 0 Å². The van der Waals surface area contributed by atoms with Gasteiger partial charge in [-0.2, -0.15) is 18.2 Å². The minimum Gasteiger partial charge on any atom is -0.480 e. The molecule has 0 bridgehead atoms. The molecule has 3 aromatic rings. The number of fused-ring (bicyclic) bond motifs is 2. The highest BCUT2D eigenvalue weighted by Gasteiger charge is 2.40. The summed E-state index contributed by atoms with van der Waals surface area (Å²) in [6, 6.07) is 1.34. The molecule has 0 aromatic carbocycles. The van der Waals surface area contributed by atoms with Gasteiger partial charge in [-0.1, -0.05) is 13.3 Å². The predicted octanol–water partition coefficient (Wildman–Crippen LogP) is 3.33. The van der Waals surface area contributed by atoms with E-state index in [-0.39, 0.29) is 18.9 Å². The molecule has 33 heavy (non-hydrogen) atoms. The number of carbonyl (C=O) groups is 1. The van der Waals surface area contributed by atoms with Gasteiger partial charge in [-0.3, -0.25) is 0 Å². The molecule has 0 amide bonds. The third-order valence-corrected chi connectivity index (χ3v) is 7.10. The van der Waals surface area contributed by atoms with E-state index in [4.69, 9.17) is 9.97 Å². The number of alkyl halides is 3. The van der Waals surface area contributed by atoms with Crippen LogP contribution in [0.25, 0.3) is 10.2 Å². The summed E-state index contributed by atoms with van der Waals surface area (Å²) in [7, 11) is 0. The molecule has 9 nitrogen and oxygen atoms in total. The molecular weight excluding hydrogens is 459 g/mol. The number of halogens is 3. The summed E-state index contributed by atoms with van der Waals surface area (Å²) in [5, 5.41) is 17.6. The van der Waals surface area contributed by atoms with Crippen molar-refractivity contribution in [1.82, 2.24) is 24.7 Å². The van der Waals surface area contributed by atoms with Crippen LogP contribution in [-0.2, 0) is 30.5 Å². The van der Waals surface area contributed by atoms with Crippen molar-refractivity contribution < 1.29 is 23.1 Å². The summed E-state index contributed by atoms with van der Waals surface area (Å²) in [5.74, 6) is -0.757. The minimum atomic E-state index is -4.56. The molecule has 176 valence electrons. The molecule has 2 aliphatic heterocycles. The smallest absolute Gasteiger partial charge is 0.451 e. The first kappa shape index (κ1) is 21.9. The molecule has 1 fully saturated rings. The third kappa shape index (κ3) is 3.87. The van der Waals surface area contributed by atoms with Crippen molar-refractivity contribution >= 4 is 39.3 Å². The van der Waals surface area contributed by atoms with Gasteiger partial charge < -0.3 is 19.5 Å². The molecule has 0 unspecified atom stereocenters. The molecule has 1 atom stereocenters. The van der Waals surface area contributed by atoms with Crippen LogP contribution in [0, 0.1) is 0 Å². The summed E-state index contributed by atoms with van der Waals surface area (Å²) >= 11 is 1.54. The van der Waals surface area contributed by atoms with Gasteiger partial charge in [-0.25, -0.2) is 9.78 Å². The lowest BCUT2D eigenvalue weighted by atomic mass is 10.2. The fourth-order valence-electron chi connectivity index (χ4n) is 4.50. The van der Waals surface area contributed by atoms with Gasteiger partial charge >= 0.3 is 12.1 Å². The highest BCUT2D eigenvalue weighted by Crippen LogP contribution is 2.37. The van der Waals surface area contributed by atoms with Gasteiger partial charge in [-0.05, 0) is 25.3 Å². The van der Waals surface area contributed by atoms with Crippen molar-refractivity contribution in [2.75, 3.05) is 22.9 Å². The van der Waals surface area contributed by atoms with Crippen molar-refractivity contribution in [3.63, 3.8) is 0 Å². The standard InChI is InChI=1S/C20H22F3N7O2S/c1-2-4-11-9-12-15(28-7-8-30-14(10-28)26-27-18(30)20(21,22)23)24-19(25-16(12)33-11)29-6-3-5-13(29)17(31)32/h9,13H,2-8,10H2,1H3,(H,31,32)/t13-/m0/s1. The molecule has 13 heteroatoms. The molecule has 1 saturated heterocycles. The van der Waals surface area contributed by atoms with Crippen LogP contribution in [-0.4, -0.2) is 54.9 Å². The van der Waals surface area contributed by atoms with E-state index >= 15 is 0 Å². The number of carboxylic acids is 1. The molecule has 3 aromatic heterocycles. The zero-order valence-electron chi connectivity index (χ0n) is 17.8. The van der Waals surface area contributed by atoms with E-state index in [9.17, 15) is 23.1 Å². The molecule has 0 radical (unpaired) electrons. The highest BCUT2D eigenvalue weighted by molar-refractivity contribution is 7.18. The fourth-order valence-corrected chi connectivity index (χ4v) is 5.61. The van der Waals surface area contributed by atoms with E-state index in [0.717, 1.165) is 38.9 Å². The van der Waals surface area contributed by atoms with Crippen LogP contribution < -0.4 is 9.80 Å². The number of rotatable bonds is 5. The number of aliphatic carboxylic acids is 1. The number of thiophene rings is 1. The van der Waals surface area contributed by atoms with Gasteiger partial charge in [0.05, 0.1) is 11.9 Å². The maximum absolute atomic E-state index is 13.2. The SMILES string of the molecule is CCCc1cc2c(N3CCn4c(nnc4C(F)(F)F)C3)nc(N3CCC[C@H]3C(=O)O)nc2s1. The Kier molecular flexibility index (Phi) is 5.38. The van der Waals surface area contributed by atoms with Crippen molar-refractivity contribution in [2.45, 2.75) is 57.9 Å². The first-order chi connectivity index (χ1) is 15.8. The topological polar surface area (TPSA) is 100 Å². The Morgan fingerprint density at radius 3 is 2.79 bits per heavy atom. The van der Waals surface area contributed by atoms with E-state index in [2.05, 4.69) is 17.1 Å². The molecule has 0 aliphatic carbocycles. The quantitative estimate of drug-likeness (QED) is 0.593. The summed E-state index contributed by atoms with van der Waals surface area (Å²) in [4.78, 5) is 26.6. The second-order valence-electron chi connectivity index (χ2n) is 8.23. The lowest BCUT2D eigenvalue weighted by molar-refractivity contribution is -0.147. The van der Waals surface area contributed by atoms with Gasteiger partial charge in [0, 0.05) is 24.5 Å². The number of aromatic nitrogens is 5. The lowest BCUT2D eigenvalue weighted by Gasteiger charge is -2.30. The Labute approximate surface area is 190 Å². The normalized spacial score (nSPS) is 18.8. The molecule has 5 rings (SSSR count). The summed E-state index contributed by atoms with van der Waals surface area (Å²) in [5.41, 5.74) is 0. The minimum absolute atomic E-state index is 0.0748. The van der Waals surface area contributed by atoms with Gasteiger partial charge in [0.2, 0.25) is 11.8 Å². The van der Waals surface area contributed by atoms with E-state index in [0.29, 0.717) is 31.3 Å². The van der Waals surface area contributed by atoms with Gasteiger partial charge in [0.15, 0.2) is 5.82 Å². The van der Waals surface area contributed by atoms with Crippen LogP contribution in [0.5, 0.6) is 0 Å².